The highest BCUT2D eigenvalue weighted by Crippen LogP contribution is 2.19. The average Bonchev–Trinajstić information content (AvgIpc) is 2.65. The van der Waals surface area contributed by atoms with Gasteiger partial charge in [-0.3, -0.25) is 0 Å². The SMILES string of the molecule is COC(=O)N/N=C/c1ccc2c(c1)[n+]([O-])c1cc(C#N)c(N)cc1[n+]2[O-]. The van der Waals surface area contributed by atoms with Crippen LogP contribution in [-0.4, -0.2) is 19.4 Å². The number of carbonyl (C=O) groups is 1. The highest BCUT2D eigenvalue weighted by atomic mass is 16.5. The number of amides is 1. The zero-order chi connectivity index (χ0) is 18.8. The van der Waals surface area contributed by atoms with Crippen LogP contribution in [0.25, 0.3) is 22.1 Å². The molecule has 10 nitrogen and oxygen atoms in total. The summed E-state index contributed by atoms with van der Waals surface area (Å²) in [5, 5.41) is 38.0. The van der Waals surface area contributed by atoms with Crippen molar-refractivity contribution in [3.63, 3.8) is 0 Å². The van der Waals surface area contributed by atoms with Crippen LogP contribution in [-0.2, 0) is 4.74 Å². The maximum absolute atomic E-state index is 12.7. The summed E-state index contributed by atoms with van der Waals surface area (Å²) in [4.78, 5) is 11.0. The predicted octanol–water partition coefficient (Wildman–Crippen LogP) is 0.404. The number of nitrogens with two attached hydrogens (primary N) is 1. The molecule has 26 heavy (non-hydrogen) atoms. The minimum Gasteiger partial charge on any atom is -0.617 e. The number of nitrogen functional groups attached to an aromatic ring is 1. The van der Waals surface area contributed by atoms with E-state index in [1.165, 1.54) is 37.6 Å². The van der Waals surface area contributed by atoms with Gasteiger partial charge in [0.1, 0.15) is 6.07 Å². The van der Waals surface area contributed by atoms with Crippen molar-refractivity contribution < 1.29 is 19.0 Å². The van der Waals surface area contributed by atoms with Crippen LogP contribution < -0.4 is 20.6 Å². The molecule has 1 amide bonds. The summed E-state index contributed by atoms with van der Waals surface area (Å²) in [6, 6.07) is 8.87. The number of methoxy groups -OCH3 is 1. The molecule has 3 N–H and O–H groups in total. The Hall–Kier alpha value is -4.13. The van der Waals surface area contributed by atoms with Crippen molar-refractivity contribution in [2.75, 3.05) is 12.8 Å². The number of hydrogen-bond acceptors (Lipinski definition) is 7. The van der Waals surface area contributed by atoms with Crippen LogP contribution in [0.2, 0.25) is 0 Å². The lowest BCUT2D eigenvalue weighted by molar-refractivity contribution is -0.591. The van der Waals surface area contributed by atoms with Crippen LogP contribution in [0.15, 0.2) is 35.4 Å². The zero-order valence-corrected chi connectivity index (χ0v) is 13.5. The summed E-state index contributed by atoms with van der Waals surface area (Å²) in [6.07, 6.45) is 0.547. The second-order valence-corrected chi connectivity index (χ2v) is 5.24. The average molecular weight is 352 g/mol. The Morgan fingerprint density at radius 2 is 1.88 bits per heavy atom. The van der Waals surface area contributed by atoms with Crippen molar-refractivity contribution in [3.05, 3.63) is 51.9 Å². The summed E-state index contributed by atoms with van der Waals surface area (Å²) < 4.78 is 5.49. The number of anilines is 1. The van der Waals surface area contributed by atoms with Gasteiger partial charge < -0.3 is 20.9 Å². The number of ether oxygens (including phenoxy) is 1. The molecule has 0 saturated heterocycles. The molecule has 2 aromatic carbocycles. The van der Waals surface area contributed by atoms with Crippen molar-refractivity contribution in [2.45, 2.75) is 0 Å². The molecular weight excluding hydrogens is 340 g/mol. The standard InChI is InChI=1S/C16H12N6O4/c1-26-16(23)20-19-8-9-2-3-12-13(4-9)22(25)14-5-10(7-17)11(18)6-15(14)21(12)24/h2-6,8H,18H2,1H3,(H,20,23)/b19-8+. The van der Waals surface area contributed by atoms with Crippen molar-refractivity contribution in [1.82, 2.24) is 5.43 Å². The van der Waals surface area contributed by atoms with Crippen LogP contribution >= 0.6 is 0 Å². The first-order chi connectivity index (χ1) is 12.5. The van der Waals surface area contributed by atoms with E-state index in [9.17, 15) is 15.2 Å². The van der Waals surface area contributed by atoms with Crippen LogP contribution in [0, 0.1) is 21.7 Å². The normalized spacial score (nSPS) is 10.9. The van der Waals surface area contributed by atoms with Crippen LogP contribution in [0.1, 0.15) is 11.1 Å². The Morgan fingerprint density at radius 1 is 1.23 bits per heavy atom. The number of nitriles is 1. The fraction of sp³-hybridized carbons (Fsp3) is 0.0625. The molecule has 10 heteroatoms. The number of aromatic nitrogens is 2. The molecular formula is C16H12N6O4. The largest absolute Gasteiger partial charge is 0.617 e. The van der Waals surface area contributed by atoms with Crippen molar-refractivity contribution in [2.24, 2.45) is 5.10 Å². The van der Waals surface area contributed by atoms with E-state index in [1.807, 2.05) is 6.07 Å². The minimum absolute atomic E-state index is 0.0139. The zero-order valence-electron chi connectivity index (χ0n) is 13.5. The third kappa shape index (κ3) is 2.73. The van der Waals surface area contributed by atoms with E-state index < -0.39 is 6.09 Å². The van der Waals surface area contributed by atoms with E-state index in [-0.39, 0.29) is 33.3 Å². The molecule has 0 fully saturated rings. The van der Waals surface area contributed by atoms with Gasteiger partial charge in [0.15, 0.2) is 0 Å². The summed E-state index contributed by atoms with van der Waals surface area (Å²) in [5.41, 5.74) is 8.78. The molecule has 0 aliphatic rings. The molecule has 0 atom stereocenters. The Morgan fingerprint density at radius 3 is 2.58 bits per heavy atom. The topological polar surface area (TPSA) is 154 Å². The van der Waals surface area contributed by atoms with Crippen molar-refractivity contribution >= 4 is 40.1 Å². The molecule has 3 aromatic rings. The molecule has 1 heterocycles. The van der Waals surface area contributed by atoms with E-state index in [0.29, 0.717) is 15.0 Å². The van der Waals surface area contributed by atoms with Gasteiger partial charge in [-0.25, -0.2) is 10.2 Å². The second kappa shape index (κ2) is 6.40. The third-order valence-electron chi connectivity index (χ3n) is 3.70. The highest BCUT2D eigenvalue weighted by Gasteiger charge is 2.23. The number of rotatable bonds is 2. The molecule has 1 aromatic heterocycles. The molecule has 0 aliphatic heterocycles. The maximum atomic E-state index is 12.7. The Balaban J connectivity index is 2.19. The summed E-state index contributed by atoms with van der Waals surface area (Å²) in [5.74, 6) is 0. The molecule has 0 spiro atoms. The summed E-state index contributed by atoms with van der Waals surface area (Å²) >= 11 is 0. The van der Waals surface area contributed by atoms with Crippen molar-refractivity contribution in [1.29, 1.82) is 5.26 Å². The first kappa shape index (κ1) is 16.7. The molecule has 0 saturated carbocycles. The van der Waals surface area contributed by atoms with Gasteiger partial charge in [-0.1, -0.05) is 0 Å². The van der Waals surface area contributed by atoms with Gasteiger partial charge in [-0.05, 0) is 6.07 Å². The van der Waals surface area contributed by atoms with Gasteiger partial charge >= 0.3 is 6.09 Å². The first-order valence-corrected chi connectivity index (χ1v) is 7.25. The highest BCUT2D eigenvalue weighted by molar-refractivity contribution is 5.87. The number of nitrogens with zero attached hydrogens (tertiary/aromatic N) is 4. The van der Waals surface area contributed by atoms with E-state index in [0.717, 1.165) is 0 Å². The van der Waals surface area contributed by atoms with Crippen LogP contribution in [0.5, 0.6) is 0 Å². The van der Waals surface area contributed by atoms with Gasteiger partial charge in [0.25, 0.3) is 22.1 Å². The quantitative estimate of drug-likeness (QED) is 0.170. The minimum atomic E-state index is -0.744. The lowest BCUT2D eigenvalue weighted by Crippen LogP contribution is -2.39. The van der Waals surface area contributed by atoms with Gasteiger partial charge in [-0.15, -0.1) is 0 Å². The number of hydrazone groups is 1. The number of hydrogen-bond donors (Lipinski definition) is 2. The van der Waals surface area contributed by atoms with Crippen molar-refractivity contribution in [3.8, 4) is 6.07 Å². The Kier molecular flexibility index (Phi) is 4.12. The first-order valence-electron chi connectivity index (χ1n) is 7.25. The third-order valence-corrected chi connectivity index (χ3v) is 3.70. The fourth-order valence-corrected chi connectivity index (χ4v) is 2.44. The number of benzene rings is 2. The Labute approximate surface area is 146 Å². The number of carbonyl (C=O) groups excluding carboxylic acids is 1. The smallest absolute Gasteiger partial charge is 0.427 e. The van der Waals surface area contributed by atoms with Gasteiger partial charge in [0.2, 0.25) is 0 Å². The summed E-state index contributed by atoms with van der Waals surface area (Å²) in [6.45, 7) is 0. The van der Waals surface area contributed by atoms with Gasteiger partial charge in [0.05, 0.1) is 24.6 Å². The molecule has 3 rings (SSSR count). The second-order valence-electron chi connectivity index (χ2n) is 5.24. The molecule has 0 unspecified atom stereocenters. The molecule has 0 radical (unpaired) electrons. The van der Waals surface area contributed by atoms with E-state index in [2.05, 4.69) is 15.3 Å². The predicted molar refractivity (Wildman–Crippen MR) is 91.6 cm³/mol. The lowest BCUT2D eigenvalue weighted by atomic mass is 10.1. The van der Waals surface area contributed by atoms with Crippen LogP contribution in [0.4, 0.5) is 10.5 Å². The maximum Gasteiger partial charge on any atom is 0.427 e. The number of nitrogens with one attached hydrogen (secondary N) is 1. The van der Waals surface area contributed by atoms with Gasteiger partial charge in [-0.2, -0.15) is 19.8 Å². The number of fused-ring (bicyclic) bond motifs is 2. The van der Waals surface area contributed by atoms with E-state index >= 15 is 0 Å². The van der Waals surface area contributed by atoms with E-state index in [4.69, 9.17) is 11.0 Å². The molecule has 130 valence electrons. The Bertz CT molecular complexity index is 1120. The summed E-state index contributed by atoms with van der Waals surface area (Å²) in [7, 11) is 1.20. The van der Waals surface area contributed by atoms with E-state index in [1.54, 1.807) is 6.07 Å². The molecule has 0 bridgehead atoms. The van der Waals surface area contributed by atoms with Gasteiger partial charge in [0, 0.05) is 29.8 Å². The monoisotopic (exact) mass is 352 g/mol. The fourth-order valence-electron chi connectivity index (χ4n) is 2.44. The molecule has 0 aliphatic carbocycles. The van der Waals surface area contributed by atoms with Crippen LogP contribution in [0.3, 0.4) is 0 Å². The lowest BCUT2D eigenvalue weighted by Gasteiger charge is -2.09.